The topological polar surface area (TPSA) is 52.6 Å². The van der Waals surface area contributed by atoms with E-state index in [-0.39, 0.29) is 11.9 Å². The molecule has 0 spiro atoms. The lowest BCUT2D eigenvalue weighted by molar-refractivity contribution is -0.133. The Morgan fingerprint density at radius 1 is 1.29 bits per heavy atom. The third kappa shape index (κ3) is 3.27. The molecule has 1 fully saturated rings. The molecule has 1 aromatic rings. The zero-order chi connectivity index (χ0) is 14.9. The van der Waals surface area contributed by atoms with Crippen molar-refractivity contribution in [1.29, 1.82) is 0 Å². The van der Waals surface area contributed by atoms with Crippen molar-refractivity contribution in [3.05, 3.63) is 35.4 Å². The van der Waals surface area contributed by atoms with Gasteiger partial charge in [0, 0.05) is 19.6 Å². The van der Waals surface area contributed by atoms with Crippen LogP contribution in [0.25, 0.3) is 0 Å². The SMILES string of the molecule is CC1(O)CCCN(C(=O)[C@H]2Cc3ccccc3CN2)CC1. The molecule has 3 rings (SSSR count). The summed E-state index contributed by atoms with van der Waals surface area (Å²) in [7, 11) is 0. The number of hydrogen-bond donors (Lipinski definition) is 2. The number of carbonyl (C=O) groups is 1. The van der Waals surface area contributed by atoms with E-state index in [1.54, 1.807) is 0 Å². The first-order chi connectivity index (χ1) is 10.1. The molecule has 114 valence electrons. The molecule has 0 radical (unpaired) electrons. The second kappa shape index (κ2) is 5.78. The Morgan fingerprint density at radius 2 is 2.05 bits per heavy atom. The fraction of sp³-hybridized carbons (Fsp3) is 0.588. The van der Waals surface area contributed by atoms with Gasteiger partial charge in [-0.15, -0.1) is 0 Å². The molecule has 0 saturated carbocycles. The number of aliphatic hydroxyl groups is 1. The van der Waals surface area contributed by atoms with Crippen LogP contribution >= 0.6 is 0 Å². The zero-order valence-electron chi connectivity index (χ0n) is 12.6. The number of nitrogens with one attached hydrogen (secondary N) is 1. The number of rotatable bonds is 1. The molecule has 21 heavy (non-hydrogen) atoms. The number of hydrogen-bond acceptors (Lipinski definition) is 3. The van der Waals surface area contributed by atoms with Gasteiger partial charge >= 0.3 is 0 Å². The smallest absolute Gasteiger partial charge is 0.240 e. The highest BCUT2D eigenvalue weighted by atomic mass is 16.3. The highest BCUT2D eigenvalue weighted by molar-refractivity contribution is 5.82. The quantitative estimate of drug-likeness (QED) is 0.823. The van der Waals surface area contributed by atoms with E-state index in [0.29, 0.717) is 13.0 Å². The van der Waals surface area contributed by atoms with Gasteiger partial charge in [0.15, 0.2) is 0 Å². The Bertz CT molecular complexity index is 527. The van der Waals surface area contributed by atoms with Gasteiger partial charge < -0.3 is 15.3 Å². The first-order valence-electron chi connectivity index (χ1n) is 7.86. The van der Waals surface area contributed by atoms with Crippen LogP contribution in [0.1, 0.15) is 37.3 Å². The molecular formula is C17H24N2O2. The predicted molar refractivity (Wildman–Crippen MR) is 81.8 cm³/mol. The molecule has 2 aliphatic rings. The highest BCUT2D eigenvalue weighted by Gasteiger charge is 2.31. The standard InChI is InChI=1S/C17H24N2O2/c1-17(21)7-4-9-19(10-8-17)16(20)15-11-13-5-2-3-6-14(13)12-18-15/h2-3,5-6,15,18,21H,4,7-12H2,1H3/t15-,17?/m1/s1. The van der Waals surface area contributed by atoms with Gasteiger partial charge in [-0.3, -0.25) is 4.79 Å². The van der Waals surface area contributed by atoms with Crippen LogP contribution in [0, 0.1) is 0 Å². The molecule has 4 heteroatoms. The van der Waals surface area contributed by atoms with Crippen molar-refractivity contribution >= 4 is 5.91 Å². The summed E-state index contributed by atoms with van der Waals surface area (Å²) in [5.41, 5.74) is 1.94. The zero-order valence-corrected chi connectivity index (χ0v) is 12.6. The number of nitrogens with zero attached hydrogens (tertiary/aromatic N) is 1. The second-order valence-corrected chi connectivity index (χ2v) is 6.58. The highest BCUT2D eigenvalue weighted by Crippen LogP contribution is 2.23. The second-order valence-electron chi connectivity index (χ2n) is 6.58. The molecule has 2 N–H and O–H groups in total. The largest absolute Gasteiger partial charge is 0.390 e. The summed E-state index contributed by atoms with van der Waals surface area (Å²) in [5, 5.41) is 13.5. The molecule has 0 aliphatic carbocycles. The molecule has 4 nitrogen and oxygen atoms in total. The Kier molecular flexibility index (Phi) is 4.00. The van der Waals surface area contributed by atoms with Crippen LogP contribution in [0.4, 0.5) is 0 Å². The van der Waals surface area contributed by atoms with E-state index in [0.717, 1.165) is 32.4 Å². The first-order valence-corrected chi connectivity index (χ1v) is 7.86. The van der Waals surface area contributed by atoms with E-state index in [1.165, 1.54) is 11.1 Å². The van der Waals surface area contributed by atoms with Gasteiger partial charge in [-0.05, 0) is 43.7 Å². The molecule has 1 saturated heterocycles. The van der Waals surface area contributed by atoms with Gasteiger partial charge in [-0.1, -0.05) is 24.3 Å². The van der Waals surface area contributed by atoms with Crippen LogP contribution in [0.15, 0.2) is 24.3 Å². The van der Waals surface area contributed by atoms with Crippen LogP contribution in [0.5, 0.6) is 0 Å². The van der Waals surface area contributed by atoms with E-state index in [9.17, 15) is 9.90 Å². The van der Waals surface area contributed by atoms with Gasteiger partial charge in [-0.25, -0.2) is 0 Å². The van der Waals surface area contributed by atoms with Crippen LogP contribution in [0.2, 0.25) is 0 Å². The number of fused-ring (bicyclic) bond motifs is 1. The van der Waals surface area contributed by atoms with Crippen LogP contribution in [-0.4, -0.2) is 40.6 Å². The average molecular weight is 288 g/mol. The van der Waals surface area contributed by atoms with E-state index >= 15 is 0 Å². The molecule has 1 amide bonds. The minimum atomic E-state index is -0.623. The summed E-state index contributed by atoms with van der Waals surface area (Å²) in [6.45, 7) is 4.05. The molecule has 1 unspecified atom stereocenters. The molecule has 1 aromatic carbocycles. The maximum Gasteiger partial charge on any atom is 0.240 e. The summed E-state index contributed by atoms with van der Waals surface area (Å²) in [4.78, 5) is 14.6. The molecule has 2 atom stereocenters. The van der Waals surface area contributed by atoms with Gasteiger partial charge in [0.25, 0.3) is 0 Å². The lowest BCUT2D eigenvalue weighted by atomic mass is 9.95. The van der Waals surface area contributed by atoms with Crippen LogP contribution in [0.3, 0.4) is 0 Å². The van der Waals surface area contributed by atoms with E-state index < -0.39 is 5.60 Å². The maximum atomic E-state index is 12.7. The van der Waals surface area contributed by atoms with Crippen molar-refractivity contribution in [3.63, 3.8) is 0 Å². The Hall–Kier alpha value is -1.39. The van der Waals surface area contributed by atoms with Crippen molar-refractivity contribution in [2.45, 2.75) is 50.8 Å². The summed E-state index contributed by atoms with van der Waals surface area (Å²) < 4.78 is 0. The van der Waals surface area contributed by atoms with E-state index in [1.807, 2.05) is 24.0 Å². The van der Waals surface area contributed by atoms with Crippen LogP contribution < -0.4 is 5.32 Å². The molecule has 0 aromatic heterocycles. The fourth-order valence-corrected chi connectivity index (χ4v) is 3.33. The Labute approximate surface area is 126 Å². The number of likely N-dealkylation sites (tertiary alicyclic amines) is 1. The summed E-state index contributed by atoms with van der Waals surface area (Å²) in [6, 6.07) is 8.19. The molecular weight excluding hydrogens is 264 g/mol. The molecule has 2 aliphatic heterocycles. The summed E-state index contributed by atoms with van der Waals surface area (Å²) >= 11 is 0. The molecule has 2 heterocycles. The minimum absolute atomic E-state index is 0.122. The van der Waals surface area contributed by atoms with Gasteiger partial charge in [0.1, 0.15) is 0 Å². The third-order valence-electron chi connectivity index (χ3n) is 4.75. The monoisotopic (exact) mass is 288 g/mol. The van der Waals surface area contributed by atoms with Gasteiger partial charge in [-0.2, -0.15) is 0 Å². The summed E-state index contributed by atoms with van der Waals surface area (Å²) in [6.07, 6.45) is 3.09. The van der Waals surface area contributed by atoms with Crippen molar-refractivity contribution in [3.8, 4) is 0 Å². The Morgan fingerprint density at radius 3 is 2.86 bits per heavy atom. The Balaban J connectivity index is 1.66. The van der Waals surface area contributed by atoms with Crippen LogP contribution in [-0.2, 0) is 17.8 Å². The van der Waals surface area contributed by atoms with Crippen molar-refractivity contribution < 1.29 is 9.90 Å². The molecule has 0 bridgehead atoms. The number of benzene rings is 1. The van der Waals surface area contributed by atoms with Crippen molar-refractivity contribution in [2.24, 2.45) is 0 Å². The van der Waals surface area contributed by atoms with Gasteiger partial charge in [0.2, 0.25) is 5.91 Å². The lowest BCUT2D eigenvalue weighted by Gasteiger charge is -2.30. The fourth-order valence-electron chi connectivity index (χ4n) is 3.33. The average Bonchev–Trinajstić information content (AvgIpc) is 2.67. The van der Waals surface area contributed by atoms with Gasteiger partial charge in [0.05, 0.1) is 11.6 Å². The van der Waals surface area contributed by atoms with E-state index in [2.05, 4.69) is 17.4 Å². The maximum absolute atomic E-state index is 12.7. The summed E-state index contributed by atoms with van der Waals surface area (Å²) in [5.74, 6) is 0.183. The third-order valence-corrected chi connectivity index (χ3v) is 4.75. The minimum Gasteiger partial charge on any atom is -0.390 e. The normalized spacial score (nSPS) is 29.6. The number of amides is 1. The first kappa shape index (κ1) is 14.5. The van der Waals surface area contributed by atoms with Crippen molar-refractivity contribution in [2.75, 3.05) is 13.1 Å². The predicted octanol–water partition coefficient (Wildman–Crippen LogP) is 1.46. The van der Waals surface area contributed by atoms with Crippen molar-refractivity contribution in [1.82, 2.24) is 10.2 Å². The lowest BCUT2D eigenvalue weighted by Crippen LogP contribution is -2.49. The number of carbonyl (C=O) groups excluding carboxylic acids is 1. The van der Waals surface area contributed by atoms with E-state index in [4.69, 9.17) is 0 Å².